The molecule has 2 nitrogen and oxygen atoms in total. The minimum atomic E-state index is -0.173. The number of hydrogen-bond donors (Lipinski definition) is 1. The molecule has 0 aliphatic rings. The summed E-state index contributed by atoms with van der Waals surface area (Å²) in [5.74, 6) is 0. The third-order valence-electron chi connectivity index (χ3n) is 1.83. The Hall–Kier alpha value is -1.28. The molecule has 0 fully saturated rings. The maximum atomic E-state index is 10.6. The van der Waals surface area contributed by atoms with Gasteiger partial charge in [-0.3, -0.25) is 0 Å². The molecule has 0 unspecified atom stereocenters. The second kappa shape index (κ2) is 2.40. The smallest absolute Gasteiger partial charge is 0.123 e. The molecule has 1 aromatic heterocycles. The first kappa shape index (κ1) is 6.43. The normalized spacial score (nSPS) is 10.6. The van der Waals surface area contributed by atoms with E-state index in [1.165, 1.54) is 0 Å². The lowest BCUT2D eigenvalue weighted by Crippen LogP contribution is -1.79. The SMILES string of the molecule is [O]Cc1[nH]cc2ccccc12. The van der Waals surface area contributed by atoms with Crippen LogP contribution in [0.2, 0.25) is 0 Å². The molecule has 11 heavy (non-hydrogen) atoms. The van der Waals surface area contributed by atoms with E-state index >= 15 is 0 Å². The van der Waals surface area contributed by atoms with E-state index in [1.54, 1.807) is 0 Å². The minimum Gasteiger partial charge on any atom is -0.362 e. The predicted octanol–water partition coefficient (Wildman–Crippen LogP) is 2.10. The first-order chi connectivity index (χ1) is 5.42. The summed E-state index contributed by atoms with van der Waals surface area (Å²) in [6.07, 6.45) is 1.86. The third kappa shape index (κ3) is 0.917. The zero-order valence-electron chi connectivity index (χ0n) is 6.00. The van der Waals surface area contributed by atoms with Crippen LogP contribution in [0.4, 0.5) is 0 Å². The standard InChI is InChI=1S/C9H8NO/c11-6-9-8-4-2-1-3-7(8)5-10-9/h1-5,10H,6H2. The van der Waals surface area contributed by atoms with E-state index in [1.807, 2.05) is 30.5 Å². The second-order valence-electron chi connectivity index (χ2n) is 2.50. The molecule has 1 N–H and O–H groups in total. The molecule has 0 saturated heterocycles. The van der Waals surface area contributed by atoms with Gasteiger partial charge in [0.2, 0.25) is 0 Å². The molecular weight excluding hydrogens is 138 g/mol. The second-order valence-corrected chi connectivity index (χ2v) is 2.50. The lowest BCUT2D eigenvalue weighted by molar-refractivity contribution is 0.175. The highest BCUT2D eigenvalue weighted by Crippen LogP contribution is 2.17. The third-order valence-corrected chi connectivity index (χ3v) is 1.83. The summed E-state index contributed by atoms with van der Waals surface area (Å²) in [7, 11) is 0. The zero-order chi connectivity index (χ0) is 7.68. The van der Waals surface area contributed by atoms with Crippen molar-refractivity contribution in [1.29, 1.82) is 0 Å². The Morgan fingerprint density at radius 1 is 1.27 bits per heavy atom. The minimum absolute atomic E-state index is 0.173. The first-order valence-corrected chi connectivity index (χ1v) is 3.55. The molecule has 0 aliphatic carbocycles. The number of hydrogen-bond acceptors (Lipinski definition) is 0. The molecule has 2 heteroatoms. The Balaban J connectivity index is 2.76. The molecule has 0 aliphatic heterocycles. The maximum Gasteiger partial charge on any atom is 0.123 e. The fourth-order valence-corrected chi connectivity index (χ4v) is 1.26. The fraction of sp³-hybridized carbons (Fsp3) is 0.111. The molecule has 0 saturated carbocycles. The van der Waals surface area contributed by atoms with Crippen LogP contribution in [0.25, 0.3) is 10.8 Å². The van der Waals surface area contributed by atoms with Gasteiger partial charge in [-0.2, -0.15) is 0 Å². The van der Waals surface area contributed by atoms with Crippen molar-refractivity contribution >= 4 is 10.8 Å². The van der Waals surface area contributed by atoms with Crippen molar-refractivity contribution in [1.82, 2.24) is 4.98 Å². The number of aromatic amines is 1. The maximum absolute atomic E-state index is 10.6. The summed E-state index contributed by atoms with van der Waals surface area (Å²) in [4.78, 5) is 2.95. The molecule has 0 bridgehead atoms. The number of rotatable bonds is 1. The van der Waals surface area contributed by atoms with Crippen molar-refractivity contribution < 1.29 is 5.11 Å². The molecular formula is C9H8NO. The van der Waals surface area contributed by atoms with Crippen LogP contribution < -0.4 is 0 Å². The first-order valence-electron chi connectivity index (χ1n) is 3.55. The van der Waals surface area contributed by atoms with Crippen LogP contribution in [0.5, 0.6) is 0 Å². The van der Waals surface area contributed by atoms with E-state index in [9.17, 15) is 5.11 Å². The van der Waals surface area contributed by atoms with Crippen molar-refractivity contribution in [2.45, 2.75) is 6.61 Å². The Bertz CT molecular complexity index is 364. The van der Waals surface area contributed by atoms with Crippen molar-refractivity contribution in [3.63, 3.8) is 0 Å². The Kier molecular flexibility index (Phi) is 1.40. The van der Waals surface area contributed by atoms with Crippen LogP contribution >= 0.6 is 0 Å². The Morgan fingerprint density at radius 2 is 2.09 bits per heavy atom. The summed E-state index contributed by atoms with van der Waals surface area (Å²) in [6, 6.07) is 7.85. The Morgan fingerprint density at radius 3 is 2.91 bits per heavy atom. The van der Waals surface area contributed by atoms with Crippen molar-refractivity contribution in [2.75, 3.05) is 0 Å². The summed E-state index contributed by atoms with van der Waals surface area (Å²) < 4.78 is 0. The van der Waals surface area contributed by atoms with Crippen LogP contribution in [0.15, 0.2) is 30.5 Å². The zero-order valence-corrected chi connectivity index (χ0v) is 6.00. The van der Waals surface area contributed by atoms with Gasteiger partial charge in [0.1, 0.15) is 6.61 Å². The molecule has 55 valence electrons. The van der Waals surface area contributed by atoms with E-state index in [4.69, 9.17) is 0 Å². The quantitative estimate of drug-likeness (QED) is 0.639. The van der Waals surface area contributed by atoms with E-state index < -0.39 is 0 Å². The van der Waals surface area contributed by atoms with Gasteiger partial charge < -0.3 is 4.98 Å². The highest BCUT2D eigenvalue weighted by atomic mass is 16.3. The summed E-state index contributed by atoms with van der Waals surface area (Å²) in [6.45, 7) is -0.173. The predicted molar refractivity (Wildman–Crippen MR) is 42.7 cm³/mol. The van der Waals surface area contributed by atoms with E-state index in [2.05, 4.69) is 4.98 Å². The van der Waals surface area contributed by atoms with Gasteiger partial charge in [0, 0.05) is 11.6 Å². The van der Waals surface area contributed by atoms with Crippen LogP contribution in [0, 0.1) is 0 Å². The lowest BCUT2D eigenvalue weighted by atomic mass is 10.2. The van der Waals surface area contributed by atoms with Gasteiger partial charge in [-0.15, -0.1) is 0 Å². The van der Waals surface area contributed by atoms with E-state index in [0.29, 0.717) is 0 Å². The monoisotopic (exact) mass is 146 g/mol. The van der Waals surface area contributed by atoms with Crippen LogP contribution in [0.3, 0.4) is 0 Å². The highest BCUT2D eigenvalue weighted by Gasteiger charge is 1.99. The van der Waals surface area contributed by atoms with Gasteiger partial charge >= 0.3 is 0 Å². The molecule has 1 heterocycles. The van der Waals surface area contributed by atoms with Gasteiger partial charge in [-0.1, -0.05) is 24.3 Å². The van der Waals surface area contributed by atoms with Crippen molar-refractivity contribution in [3.05, 3.63) is 36.2 Å². The van der Waals surface area contributed by atoms with Crippen LogP contribution in [-0.2, 0) is 11.7 Å². The van der Waals surface area contributed by atoms with Crippen LogP contribution in [0.1, 0.15) is 5.69 Å². The highest BCUT2D eigenvalue weighted by molar-refractivity contribution is 5.84. The molecule has 2 rings (SSSR count). The van der Waals surface area contributed by atoms with E-state index in [-0.39, 0.29) is 6.61 Å². The van der Waals surface area contributed by atoms with Gasteiger partial charge in [-0.05, 0) is 5.39 Å². The fourth-order valence-electron chi connectivity index (χ4n) is 1.26. The van der Waals surface area contributed by atoms with Crippen LogP contribution in [-0.4, -0.2) is 4.98 Å². The summed E-state index contributed by atoms with van der Waals surface area (Å²) in [5, 5.41) is 12.7. The number of H-pyrrole nitrogens is 1. The van der Waals surface area contributed by atoms with Gasteiger partial charge in [0.15, 0.2) is 0 Å². The largest absolute Gasteiger partial charge is 0.362 e. The molecule has 2 aromatic rings. The Labute approximate surface area is 64.5 Å². The van der Waals surface area contributed by atoms with Gasteiger partial charge in [-0.25, -0.2) is 5.11 Å². The molecule has 0 spiro atoms. The summed E-state index contributed by atoms with van der Waals surface area (Å²) >= 11 is 0. The number of benzene rings is 1. The number of nitrogens with one attached hydrogen (secondary N) is 1. The molecule has 0 amide bonds. The topological polar surface area (TPSA) is 35.7 Å². The number of aromatic nitrogens is 1. The molecule has 1 radical (unpaired) electrons. The summed E-state index contributed by atoms with van der Waals surface area (Å²) in [5.41, 5.74) is 0.778. The number of fused-ring (bicyclic) bond motifs is 1. The van der Waals surface area contributed by atoms with Crippen molar-refractivity contribution in [3.8, 4) is 0 Å². The molecule has 1 aromatic carbocycles. The van der Waals surface area contributed by atoms with Gasteiger partial charge in [0.25, 0.3) is 0 Å². The molecule has 0 atom stereocenters. The average molecular weight is 146 g/mol. The van der Waals surface area contributed by atoms with E-state index in [0.717, 1.165) is 16.5 Å². The average Bonchev–Trinajstić information content (AvgIpc) is 2.47. The lowest BCUT2D eigenvalue weighted by Gasteiger charge is -1.89. The van der Waals surface area contributed by atoms with Crippen molar-refractivity contribution in [2.24, 2.45) is 0 Å². The van der Waals surface area contributed by atoms with Gasteiger partial charge in [0.05, 0.1) is 5.69 Å².